The molecule has 1 N–H and O–H groups in total. The van der Waals surface area contributed by atoms with Crippen LogP contribution in [0.1, 0.15) is 17.3 Å². The predicted molar refractivity (Wildman–Crippen MR) is 105 cm³/mol. The van der Waals surface area contributed by atoms with Crippen LogP contribution in [0.25, 0.3) is 0 Å². The van der Waals surface area contributed by atoms with Crippen LogP contribution in [0, 0.1) is 10.1 Å². The quantitative estimate of drug-likeness (QED) is 0.459. The Morgan fingerprint density at radius 1 is 0.964 bits per heavy atom. The summed E-state index contributed by atoms with van der Waals surface area (Å²) in [5, 5.41) is 13.8. The van der Waals surface area contributed by atoms with E-state index >= 15 is 0 Å². The molecule has 7 nitrogen and oxygen atoms in total. The zero-order valence-corrected chi connectivity index (χ0v) is 15.1. The minimum absolute atomic E-state index is 0.0247. The normalized spacial score (nSPS) is 10.2. The molecule has 0 fully saturated rings. The van der Waals surface area contributed by atoms with Gasteiger partial charge in [0, 0.05) is 6.07 Å². The second kappa shape index (κ2) is 8.68. The van der Waals surface area contributed by atoms with Crippen molar-refractivity contribution >= 4 is 17.3 Å². The Hall–Kier alpha value is -3.87. The third kappa shape index (κ3) is 4.45. The molecule has 0 aliphatic heterocycles. The van der Waals surface area contributed by atoms with E-state index in [1.807, 2.05) is 6.92 Å². The minimum Gasteiger partial charge on any atom is -0.494 e. The maximum absolute atomic E-state index is 12.6. The number of carbonyl (C=O) groups is 1. The van der Waals surface area contributed by atoms with Crippen molar-refractivity contribution in [3.63, 3.8) is 0 Å². The van der Waals surface area contributed by atoms with Crippen LogP contribution in [0.15, 0.2) is 72.8 Å². The highest BCUT2D eigenvalue weighted by Crippen LogP contribution is 2.31. The summed E-state index contributed by atoms with van der Waals surface area (Å²) < 4.78 is 11.3. The number of carbonyl (C=O) groups excluding carboxylic acids is 1. The fourth-order valence-corrected chi connectivity index (χ4v) is 2.57. The van der Waals surface area contributed by atoms with Crippen LogP contribution < -0.4 is 14.8 Å². The largest absolute Gasteiger partial charge is 0.494 e. The molecule has 142 valence electrons. The van der Waals surface area contributed by atoms with Crippen LogP contribution in [0.4, 0.5) is 11.4 Å². The molecule has 3 aromatic rings. The number of hydrogen-bond donors (Lipinski definition) is 1. The highest BCUT2D eigenvalue weighted by atomic mass is 16.6. The molecule has 0 aliphatic carbocycles. The molecule has 1 amide bonds. The topological polar surface area (TPSA) is 90.7 Å². The first-order valence-electron chi connectivity index (χ1n) is 8.63. The molecule has 0 radical (unpaired) electrons. The van der Waals surface area contributed by atoms with Gasteiger partial charge >= 0.3 is 0 Å². The van der Waals surface area contributed by atoms with Gasteiger partial charge < -0.3 is 14.8 Å². The lowest BCUT2D eigenvalue weighted by Crippen LogP contribution is -2.14. The summed E-state index contributed by atoms with van der Waals surface area (Å²) in [4.78, 5) is 23.1. The molecular formula is C21H18N2O5. The van der Waals surface area contributed by atoms with Gasteiger partial charge in [-0.1, -0.05) is 24.3 Å². The molecule has 0 atom stereocenters. The van der Waals surface area contributed by atoms with Crippen molar-refractivity contribution in [2.45, 2.75) is 6.92 Å². The minimum atomic E-state index is -0.588. The number of hydrogen-bond acceptors (Lipinski definition) is 5. The zero-order valence-electron chi connectivity index (χ0n) is 15.1. The molecule has 7 heteroatoms. The van der Waals surface area contributed by atoms with E-state index in [2.05, 4.69) is 5.32 Å². The van der Waals surface area contributed by atoms with Crippen molar-refractivity contribution < 1.29 is 19.2 Å². The number of amides is 1. The summed E-state index contributed by atoms with van der Waals surface area (Å²) in [6.07, 6.45) is 0. The first-order valence-corrected chi connectivity index (χ1v) is 8.63. The molecule has 0 unspecified atom stereocenters. The van der Waals surface area contributed by atoms with Crippen molar-refractivity contribution in [1.29, 1.82) is 0 Å². The fourth-order valence-electron chi connectivity index (χ4n) is 2.57. The van der Waals surface area contributed by atoms with Gasteiger partial charge in [-0.25, -0.2) is 0 Å². The molecule has 3 rings (SSSR count). The molecule has 0 bridgehead atoms. The van der Waals surface area contributed by atoms with E-state index in [1.54, 1.807) is 54.6 Å². The summed E-state index contributed by atoms with van der Waals surface area (Å²) in [7, 11) is 0. The van der Waals surface area contributed by atoms with Crippen LogP contribution in [0.5, 0.6) is 17.2 Å². The van der Waals surface area contributed by atoms with Gasteiger partial charge in [-0.3, -0.25) is 14.9 Å². The molecule has 0 saturated heterocycles. The molecule has 0 heterocycles. The highest BCUT2D eigenvalue weighted by Gasteiger charge is 2.20. The Morgan fingerprint density at radius 3 is 2.32 bits per heavy atom. The fraction of sp³-hybridized carbons (Fsp3) is 0.0952. The standard InChI is InChI=1S/C21H18N2O5/c1-2-27-15-11-13-16(14-12-15)28-20-10-6-4-8-18(20)22-21(24)17-7-3-5-9-19(17)23(25)26/h3-14H,2H2,1H3,(H,22,24). The zero-order chi connectivity index (χ0) is 19.9. The SMILES string of the molecule is CCOc1ccc(Oc2ccccc2NC(=O)c2ccccc2[N+](=O)[O-])cc1. The van der Waals surface area contributed by atoms with Gasteiger partial charge in [0.15, 0.2) is 5.75 Å². The average molecular weight is 378 g/mol. The number of nitro groups is 1. The summed E-state index contributed by atoms with van der Waals surface area (Å²) in [6.45, 7) is 2.47. The number of rotatable bonds is 7. The molecule has 28 heavy (non-hydrogen) atoms. The number of anilines is 1. The predicted octanol–water partition coefficient (Wildman–Crippen LogP) is 5.04. The third-order valence-corrected chi connectivity index (χ3v) is 3.84. The first kappa shape index (κ1) is 18.9. The Kier molecular flexibility index (Phi) is 5.86. The van der Waals surface area contributed by atoms with Crippen LogP contribution in [-0.4, -0.2) is 17.4 Å². The molecule has 0 aliphatic rings. The smallest absolute Gasteiger partial charge is 0.282 e. The second-order valence-corrected chi connectivity index (χ2v) is 5.73. The molecular weight excluding hydrogens is 360 g/mol. The summed E-state index contributed by atoms with van der Waals surface area (Å²) in [5.74, 6) is 1.12. The Bertz CT molecular complexity index is 986. The highest BCUT2D eigenvalue weighted by molar-refractivity contribution is 6.07. The Balaban J connectivity index is 1.81. The lowest BCUT2D eigenvalue weighted by molar-refractivity contribution is -0.385. The van der Waals surface area contributed by atoms with Gasteiger partial charge in [0.25, 0.3) is 11.6 Å². The van der Waals surface area contributed by atoms with Crippen LogP contribution in [0.2, 0.25) is 0 Å². The van der Waals surface area contributed by atoms with Crippen LogP contribution in [-0.2, 0) is 0 Å². The number of para-hydroxylation sites is 3. The first-order chi connectivity index (χ1) is 13.6. The van der Waals surface area contributed by atoms with Gasteiger partial charge in [0.05, 0.1) is 17.2 Å². The maximum atomic E-state index is 12.6. The van der Waals surface area contributed by atoms with Crippen molar-refractivity contribution in [3.8, 4) is 17.2 Å². The molecule has 0 saturated carbocycles. The Morgan fingerprint density at radius 2 is 1.61 bits per heavy atom. The van der Waals surface area contributed by atoms with E-state index in [0.29, 0.717) is 23.8 Å². The Labute approximate surface area is 161 Å². The molecule has 0 spiro atoms. The van der Waals surface area contributed by atoms with Crippen molar-refractivity contribution in [3.05, 3.63) is 88.5 Å². The van der Waals surface area contributed by atoms with Crippen molar-refractivity contribution in [1.82, 2.24) is 0 Å². The second-order valence-electron chi connectivity index (χ2n) is 5.73. The van der Waals surface area contributed by atoms with E-state index in [-0.39, 0.29) is 11.3 Å². The van der Waals surface area contributed by atoms with E-state index in [4.69, 9.17) is 9.47 Å². The maximum Gasteiger partial charge on any atom is 0.282 e. The van der Waals surface area contributed by atoms with E-state index in [1.165, 1.54) is 18.2 Å². The van der Waals surface area contributed by atoms with E-state index in [9.17, 15) is 14.9 Å². The summed E-state index contributed by atoms with van der Waals surface area (Å²) in [6, 6.07) is 19.7. The third-order valence-electron chi connectivity index (χ3n) is 3.84. The molecule has 3 aromatic carbocycles. The lowest BCUT2D eigenvalue weighted by Gasteiger charge is -2.13. The van der Waals surface area contributed by atoms with Gasteiger partial charge in [-0.15, -0.1) is 0 Å². The lowest BCUT2D eigenvalue weighted by atomic mass is 10.1. The van der Waals surface area contributed by atoms with Gasteiger partial charge in [-0.2, -0.15) is 0 Å². The molecule has 0 aromatic heterocycles. The van der Waals surface area contributed by atoms with Gasteiger partial charge in [0.2, 0.25) is 0 Å². The van der Waals surface area contributed by atoms with Crippen molar-refractivity contribution in [2.24, 2.45) is 0 Å². The van der Waals surface area contributed by atoms with E-state index < -0.39 is 10.8 Å². The van der Waals surface area contributed by atoms with Crippen molar-refractivity contribution in [2.75, 3.05) is 11.9 Å². The number of nitrogens with zero attached hydrogens (tertiary/aromatic N) is 1. The monoisotopic (exact) mass is 378 g/mol. The van der Waals surface area contributed by atoms with Gasteiger partial charge in [0.1, 0.15) is 17.1 Å². The van der Waals surface area contributed by atoms with Crippen LogP contribution in [0.3, 0.4) is 0 Å². The average Bonchev–Trinajstić information content (AvgIpc) is 2.71. The van der Waals surface area contributed by atoms with E-state index in [0.717, 1.165) is 5.75 Å². The number of benzene rings is 3. The number of nitrogens with one attached hydrogen (secondary N) is 1. The summed E-state index contributed by atoms with van der Waals surface area (Å²) in [5.41, 5.74) is 0.118. The number of nitro benzene ring substituents is 1. The number of ether oxygens (including phenoxy) is 2. The van der Waals surface area contributed by atoms with Crippen LogP contribution >= 0.6 is 0 Å². The van der Waals surface area contributed by atoms with Gasteiger partial charge in [-0.05, 0) is 49.4 Å². The summed E-state index contributed by atoms with van der Waals surface area (Å²) >= 11 is 0.